The van der Waals surface area contributed by atoms with Crippen molar-refractivity contribution in [2.45, 2.75) is 12.8 Å². The van der Waals surface area contributed by atoms with E-state index in [2.05, 4.69) is 72.3 Å². The molecule has 0 aromatic heterocycles. The third-order valence-electron chi connectivity index (χ3n) is 3.95. The summed E-state index contributed by atoms with van der Waals surface area (Å²) >= 11 is 6.07. The Balaban J connectivity index is 1.94. The Morgan fingerprint density at radius 2 is 1.42 bits per heavy atom. The zero-order valence-electron chi connectivity index (χ0n) is 14.1. The molecule has 0 aliphatic heterocycles. The SMILES string of the molecule is C=COCCNP(=S)(CCc1ccccc1)CCc1ccccc1. The minimum absolute atomic E-state index is 0.624. The third-order valence-corrected chi connectivity index (χ3v) is 8.12. The van der Waals surface area contributed by atoms with Crippen LogP contribution in [-0.4, -0.2) is 25.5 Å². The molecule has 0 spiro atoms. The van der Waals surface area contributed by atoms with Gasteiger partial charge in [0, 0.05) is 12.7 Å². The molecule has 0 bridgehead atoms. The molecular weight excluding hydrogens is 333 g/mol. The Kier molecular flexibility index (Phi) is 8.24. The normalized spacial score (nSPS) is 11.2. The van der Waals surface area contributed by atoms with Crippen molar-refractivity contribution in [3.63, 3.8) is 0 Å². The summed E-state index contributed by atoms with van der Waals surface area (Å²) in [6.45, 7) is 4.99. The van der Waals surface area contributed by atoms with Crippen LogP contribution < -0.4 is 5.09 Å². The minimum atomic E-state index is -1.62. The number of ether oxygens (including phenoxy) is 1. The van der Waals surface area contributed by atoms with Crippen molar-refractivity contribution in [3.05, 3.63) is 84.6 Å². The van der Waals surface area contributed by atoms with Gasteiger partial charge in [-0.3, -0.25) is 5.09 Å². The highest BCUT2D eigenvalue weighted by Crippen LogP contribution is 2.42. The van der Waals surface area contributed by atoms with E-state index in [1.54, 1.807) is 0 Å². The second-order valence-corrected chi connectivity index (χ2v) is 10.8. The van der Waals surface area contributed by atoms with Gasteiger partial charge in [0.05, 0.1) is 6.26 Å². The Morgan fingerprint density at radius 3 is 1.88 bits per heavy atom. The zero-order chi connectivity index (χ0) is 17.1. The first-order valence-electron chi connectivity index (χ1n) is 8.35. The van der Waals surface area contributed by atoms with Gasteiger partial charge in [0.25, 0.3) is 0 Å². The molecule has 2 nitrogen and oxygen atoms in total. The summed E-state index contributed by atoms with van der Waals surface area (Å²) in [6, 6.07) is 21.2. The molecule has 0 atom stereocenters. The molecule has 24 heavy (non-hydrogen) atoms. The number of hydrogen-bond acceptors (Lipinski definition) is 2. The van der Waals surface area contributed by atoms with Gasteiger partial charge < -0.3 is 4.74 Å². The van der Waals surface area contributed by atoms with Crippen LogP contribution in [0.5, 0.6) is 0 Å². The van der Waals surface area contributed by atoms with Crippen LogP contribution in [0, 0.1) is 0 Å². The quantitative estimate of drug-likeness (QED) is 0.359. The maximum absolute atomic E-state index is 6.07. The van der Waals surface area contributed by atoms with Gasteiger partial charge in [-0.2, -0.15) is 0 Å². The van der Waals surface area contributed by atoms with Crippen molar-refractivity contribution in [1.29, 1.82) is 0 Å². The van der Waals surface area contributed by atoms with E-state index >= 15 is 0 Å². The van der Waals surface area contributed by atoms with Crippen LogP contribution >= 0.6 is 6.19 Å². The molecule has 128 valence electrons. The van der Waals surface area contributed by atoms with Crippen LogP contribution in [0.15, 0.2) is 73.5 Å². The maximum Gasteiger partial charge on any atom is 0.100 e. The molecule has 2 rings (SSSR count). The standard InChI is InChI=1S/C20H26NOPS/c1-2-22-16-15-21-23(24,17-13-19-9-5-3-6-10-19)18-14-20-11-7-4-8-12-20/h2-12H,1,13-18H2,(H,21,24). The van der Waals surface area contributed by atoms with Crippen LogP contribution in [0.1, 0.15) is 11.1 Å². The van der Waals surface area contributed by atoms with Gasteiger partial charge in [-0.1, -0.05) is 79.0 Å². The highest BCUT2D eigenvalue weighted by Gasteiger charge is 2.16. The lowest BCUT2D eigenvalue weighted by molar-refractivity contribution is 0.257. The third kappa shape index (κ3) is 7.00. The highest BCUT2D eigenvalue weighted by molar-refractivity contribution is 8.13. The van der Waals surface area contributed by atoms with Crippen LogP contribution in [0.3, 0.4) is 0 Å². The highest BCUT2D eigenvalue weighted by atomic mass is 32.4. The van der Waals surface area contributed by atoms with Gasteiger partial charge in [-0.15, -0.1) is 0 Å². The molecule has 0 aliphatic rings. The molecule has 1 N–H and O–H groups in total. The van der Waals surface area contributed by atoms with E-state index in [4.69, 9.17) is 16.5 Å². The molecule has 0 aliphatic carbocycles. The van der Waals surface area contributed by atoms with Crippen molar-refractivity contribution in [2.75, 3.05) is 25.5 Å². The predicted octanol–water partition coefficient (Wildman–Crippen LogP) is 4.62. The van der Waals surface area contributed by atoms with E-state index in [1.807, 2.05) is 0 Å². The Labute approximate surface area is 151 Å². The molecule has 0 saturated carbocycles. The summed E-state index contributed by atoms with van der Waals surface area (Å²) in [5.74, 6) is 0. The molecular formula is C20H26NOPS. The fraction of sp³-hybridized carbons (Fsp3) is 0.300. The van der Waals surface area contributed by atoms with E-state index in [-0.39, 0.29) is 0 Å². The monoisotopic (exact) mass is 359 g/mol. The molecule has 2 aromatic carbocycles. The smallest absolute Gasteiger partial charge is 0.100 e. The van der Waals surface area contributed by atoms with Crippen LogP contribution in [0.4, 0.5) is 0 Å². The molecule has 0 saturated heterocycles. The van der Waals surface area contributed by atoms with Gasteiger partial charge in [-0.25, -0.2) is 0 Å². The zero-order valence-corrected chi connectivity index (χ0v) is 15.8. The largest absolute Gasteiger partial charge is 0.500 e. The summed E-state index contributed by atoms with van der Waals surface area (Å²) in [5.41, 5.74) is 2.71. The molecule has 0 heterocycles. The van der Waals surface area contributed by atoms with Gasteiger partial charge in [0.15, 0.2) is 0 Å². The van der Waals surface area contributed by atoms with E-state index in [0.29, 0.717) is 6.61 Å². The molecule has 2 aromatic rings. The number of nitrogens with one attached hydrogen (secondary N) is 1. The average Bonchev–Trinajstić information content (AvgIpc) is 2.64. The van der Waals surface area contributed by atoms with Crippen LogP contribution in [0.2, 0.25) is 0 Å². The first kappa shape index (κ1) is 18.9. The molecule has 0 amide bonds. The number of rotatable bonds is 11. The predicted molar refractivity (Wildman–Crippen MR) is 108 cm³/mol. The maximum atomic E-state index is 6.07. The van der Waals surface area contributed by atoms with Crippen molar-refractivity contribution in [3.8, 4) is 0 Å². The Bertz CT molecular complexity index is 598. The molecule has 0 fully saturated rings. The fourth-order valence-electron chi connectivity index (χ4n) is 2.57. The van der Waals surface area contributed by atoms with Crippen molar-refractivity contribution >= 4 is 18.0 Å². The summed E-state index contributed by atoms with van der Waals surface area (Å²) in [5, 5.41) is 3.62. The van der Waals surface area contributed by atoms with E-state index in [9.17, 15) is 0 Å². The second-order valence-electron chi connectivity index (χ2n) is 5.75. The van der Waals surface area contributed by atoms with E-state index < -0.39 is 6.19 Å². The summed E-state index contributed by atoms with van der Waals surface area (Å²) in [6.07, 6.45) is 3.99. The van der Waals surface area contributed by atoms with Crippen molar-refractivity contribution in [1.82, 2.24) is 5.09 Å². The van der Waals surface area contributed by atoms with Crippen molar-refractivity contribution < 1.29 is 4.74 Å². The van der Waals surface area contributed by atoms with Gasteiger partial charge >= 0.3 is 0 Å². The van der Waals surface area contributed by atoms with Gasteiger partial charge in [0.1, 0.15) is 6.61 Å². The lowest BCUT2D eigenvalue weighted by Crippen LogP contribution is -2.21. The number of aryl methyl sites for hydroxylation is 2. The van der Waals surface area contributed by atoms with Crippen LogP contribution in [0.25, 0.3) is 0 Å². The molecule has 0 radical (unpaired) electrons. The first-order valence-corrected chi connectivity index (χ1v) is 11.5. The lowest BCUT2D eigenvalue weighted by atomic mass is 10.2. The molecule has 4 heteroatoms. The Hall–Kier alpha value is -1.41. The Morgan fingerprint density at radius 1 is 0.917 bits per heavy atom. The molecule has 0 unspecified atom stereocenters. The summed E-state index contributed by atoms with van der Waals surface area (Å²) in [4.78, 5) is 0. The van der Waals surface area contributed by atoms with Crippen molar-refractivity contribution in [2.24, 2.45) is 0 Å². The van der Waals surface area contributed by atoms with E-state index in [1.165, 1.54) is 17.4 Å². The minimum Gasteiger partial charge on any atom is -0.500 e. The lowest BCUT2D eigenvalue weighted by Gasteiger charge is -2.24. The van der Waals surface area contributed by atoms with Crippen LogP contribution in [-0.2, 0) is 29.4 Å². The second kappa shape index (κ2) is 10.5. The topological polar surface area (TPSA) is 21.3 Å². The summed E-state index contributed by atoms with van der Waals surface area (Å²) in [7, 11) is 0. The van der Waals surface area contributed by atoms with Gasteiger partial charge in [0.2, 0.25) is 0 Å². The first-order chi connectivity index (χ1) is 11.7. The van der Waals surface area contributed by atoms with Gasteiger partial charge in [-0.05, 0) is 36.3 Å². The van der Waals surface area contributed by atoms with E-state index in [0.717, 1.165) is 31.7 Å². The fourth-order valence-corrected chi connectivity index (χ4v) is 5.67. The number of benzene rings is 2. The average molecular weight is 359 g/mol. The number of hydrogen-bond donors (Lipinski definition) is 1. The summed E-state index contributed by atoms with van der Waals surface area (Å²) < 4.78 is 5.23.